The average Bonchev–Trinajstić information content (AvgIpc) is 2.71. The molecule has 0 radical (unpaired) electrons. The largest absolute Gasteiger partial charge is 0.507 e. The van der Waals surface area contributed by atoms with Gasteiger partial charge >= 0.3 is 0 Å². The second-order valence-corrected chi connectivity index (χ2v) is 10.1. The van der Waals surface area contributed by atoms with Crippen molar-refractivity contribution in [2.45, 2.75) is 50.2 Å². The van der Waals surface area contributed by atoms with E-state index >= 15 is 0 Å². The molecule has 1 heterocycles. The van der Waals surface area contributed by atoms with Gasteiger partial charge in [0.05, 0.1) is 0 Å². The highest BCUT2D eigenvalue weighted by molar-refractivity contribution is 8.17. The molecule has 2 unspecified atom stereocenters. The molecule has 1 N–H and O–H groups in total. The fourth-order valence-corrected chi connectivity index (χ4v) is 6.76. The Morgan fingerprint density at radius 3 is 2.45 bits per heavy atom. The molecule has 0 saturated carbocycles. The van der Waals surface area contributed by atoms with Crippen molar-refractivity contribution >= 4 is 23.5 Å². The van der Waals surface area contributed by atoms with Gasteiger partial charge in [0.2, 0.25) is 4.27 Å². The lowest BCUT2D eigenvalue weighted by atomic mass is 9.75. The van der Waals surface area contributed by atoms with Crippen LogP contribution in [-0.4, -0.2) is 21.9 Å². The molecule has 0 saturated heterocycles. The van der Waals surface area contributed by atoms with Crippen molar-refractivity contribution in [1.82, 2.24) is 0 Å². The maximum atomic E-state index is 11.0. The lowest BCUT2D eigenvalue weighted by Gasteiger charge is -2.48. The second-order valence-electron chi connectivity index (χ2n) is 7.81. The minimum absolute atomic E-state index is 0. The molecule has 0 amide bonds. The summed E-state index contributed by atoms with van der Waals surface area (Å²) >= 11 is 3.59. The summed E-state index contributed by atoms with van der Waals surface area (Å²) < 4.78 is 6.34. The number of hydrogen-bond acceptors (Lipinski definition) is 4. The van der Waals surface area contributed by atoms with Crippen molar-refractivity contribution in [2.75, 3.05) is 12.5 Å². The first kappa shape index (κ1) is 22.2. The molecule has 0 bridgehead atoms. The van der Waals surface area contributed by atoms with Crippen molar-refractivity contribution in [2.24, 2.45) is 5.92 Å². The normalized spacial score (nSPS) is 21.8. The first-order chi connectivity index (χ1) is 13.6. The number of ether oxygens (including phenoxy) is 1. The van der Waals surface area contributed by atoms with Crippen molar-refractivity contribution in [1.29, 1.82) is 0 Å². The number of phenolic OH excluding ortho intramolecular Hbond substituents is 1. The third-order valence-electron chi connectivity index (χ3n) is 6.08. The summed E-state index contributed by atoms with van der Waals surface area (Å²) in [6.07, 6.45) is 10.7. The van der Waals surface area contributed by atoms with Crippen LogP contribution in [0.1, 0.15) is 49.8 Å². The number of hydrogen-bond donors (Lipinski definition) is 1. The van der Waals surface area contributed by atoms with Crippen LogP contribution in [0.4, 0.5) is 0 Å². The SMILES string of the molecule is C.CSC1(SC)Oc2cc(CCc3ccccc3)cc(O)c2C2C=C(C)CCC21. The molecular weight excluding hydrogens is 396 g/mol. The van der Waals surface area contributed by atoms with E-state index in [1.165, 1.54) is 11.1 Å². The first-order valence-corrected chi connectivity index (χ1v) is 12.4. The molecule has 2 aromatic rings. The van der Waals surface area contributed by atoms with Gasteiger partial charge in [0.25, 0.3) is 0 Å². The Morgan fingerprint density at radius 1 is 1.07 bits per heavy atom. The molecule has 2 aromatic carbocycles. The average molecular weight is 429 g/mol. The van der Waals surface area contributed by atoms with Crippen LogP contribution >= 0.6 is 23.5 Å². The molecule has 2 atom stereocenters. The first-order valence-electron chi connectivity index (χ1n) is 9.92. The predicted octanol–water partition coefficient (Wildman–Crippen LogP) is 7.03. The summed E-state index contributed by atoms with van der Waals surface area (Å²) in [4.78, 5) is 0. The number of aryl methyl sites for hydroxylation is 2. The Morgan fingerprint density at radius 2 is 1.76 bits per heavy atom. The number of benzene rings is 2. The van der Waals surface area contributed by atoms with Gasteiger partial charge in [0.15, 0.2) is 0 Å². The van der Waals surface area contributed by atoms with E-state index in [-0.39, 0.29) is 17.6 Å². The molecule has 0 fully saturated rings. The zero-order valence-electron chi connectivity index (χ0n) is 16.8. The molecule has 156 valence electrons. The summed E-state index contributed by atoms with van der Waals surface area (Å²) in [7, 11) is 0. The van der Waals surface area contributed by atoms with Crippen LogP contribution in [0.5, 0.6) is 11.5 Å². The smallest absolute Gasteiger partial charge is 0.204 e. The summed E-state index contributed by atoms with van der Waals surface area (Å²) in [5.41, 5.74) is 4.84. The van der Waals surface area contributed by atoms with Gasteiger partial charge in [0, 0.05) is 17.4 Å². The Labute approximate surface area is 184 Å². The number of aromatic hydroxyl groups is 1. The summed E-state index contributed by atoms with van der Waals surface area (Å²) in [5, 5.41) is 11.0. The van der Waals surface area contributed by atoms with Crippen molar-refractivity contribution in [3.05, 3.63) is 70.8 Å². The maximum Gasteiger partial charge on any atom is 0.204 e. The van der Waals surface area contributed by atoms with Crippen LogP contribution < -0.4 is 4.74 Å². The van der Waals surface area contributed by atoms with Crippen LogP contribution in [0.15, 0.2) is 54.1 Å². The molecule has 1 aliphatic carbocycles. The number of fused-ring (bicyclic) bond motifs is 3. The van der Waals surface area contributed by atoms with Crippen LogP contribution in [-0.2, 0) is 12.8 Å². The maximum absolute atomic E-state index is 11.0. The molecule has 2 nitrogen and oxygen atoms in total. The van der Waals surface area contributed by atoms with E-state index in [0.29, 0.717) is 11.7 Å². The van der Waals surface area contributed by atoms with Gasteiger partial charge in [0.1, 0.15) is 11.5 Å². The van der Waals surface area contributed by atoms with Gasteiger partial charge in [-0.15, -0.1) is 23.5 Å². The van der Waals surface area contributed by atoms with Crippen LogP contribution in [0.25, 0.3) is 0 Å². The highest BCUT2D eigenvalue weighted by atomic mass is 32.2. The van der Waals surface area contributed by atoms with Gasteiger partial charge in [-0.2, -0.15) is 0 Å². The standard InChI is InChI=1S/C24H28O2S2.CH4/c1-16-9-12-20-19(13-16)23-21(25)14-18(11-10-17-7-5-4-6-8-17)15-22(23)26-24(20,27-2)28-3;/h4-8,13-15,19-20,25H,9-12H2,1-3H3;1H4. The minimum Gasteiger partial charge on any atom is -0.507 e. The minimum atomic E-state index is -0.292. The molecule has 4 rings (SSSR count). The topological polar surface area (TPSA) is 29.5 Å². The lowest BCUT2D eigenvalue weighted by molar-refractivity contribution is 0.135. The number of thioether (sulfide) groups is 2. The van der Waals surface area contributed by atoms with Gasteiger partial charge in [-0.05, 0) is 68.4 Å². The van der Waals surface area contributed by atoms with E-state index in [4.69, 9.17) is 4.74 Å². The molecule has 0 spiro atoms. The number of allylic oxidation sites excluding steroid dienone is 2. The van der Waals surface area contributed by atoms with E-state index in [0.717, 1.165) is 42.6 Å². The van der Waals surface area contributed by atoms with E-state index < -0.39 is 0 Å². The summed E-state index contributed by atoms with van der Waals surface area (Å²) in [6, 6.07) is 14.6. The molecule has 1 aliphatic heterocycles. The Kier molecular flexibility index (Phi) is 6.95. The van der Waals surface area contributed by atoms with Gasteiger partial charge in [-0.3, -0.25) is 0 Å². The van der Waals surface area contributed by atoms with Crippen LogP contribution in [0.2, 0.25) is 0 Å². The summed E-state index contributed by atoms with van der Waals surface area (Å²) in [5.74, 6) is 1.84. The third kappa shape index (κ3) is 4.20. The highest BCUT2D eigenvalue weighted by Gasteiger charge is 2.50. The van der Waals surface area contributed by atoms with Crippen molar-refractivity contribution in [3.63, 3.8) is 0 Å². The zero-order chi connectivity index (χ0) is 19.7. The fourth-order valence-electron chi connectivity index (χ4n) is 4.61. The van der Waals surface area contributed by atoms with Crippen molar-refractivity contribution < 1.29 is 9.84 Å². The summed E-state index contributed by atoms with van der Waals surface area (Å²) in [6.45, 7) is 2.20. The quantitative estimate of drug-likeness (QED) is 0.409. The number of rotatable bonds is 5. The Bertz CT molecular complexity index is 872. The van der Waals surface area contributed by atoms with E-state index in [1.807, 2.05) is 12.1 Å². The van der Waals surface area contributed by atoms with E-state index in [2.05, 4.69) is 55.8 Å². The van der Waals surface area contributed by atoms with Crippen LogP contribution in [0.3, 0.4) is 0 Å². The van der Waals surface area contributed by atoms with Gasteiger partial charge in [-0.25, -0.2) is 0 Å². The van der Waals surface area contributed by atoms with E-state index in [9.17, 15) is 5.11 Å². The third-order valence-corrected chi connectivity index (χ3v) is 8.99. The second kappa shape index (κ2) is 9.09. The molecule has 0 aromatic heterocycles. The molecule has 29 heavy (non-hydrogen) atoms. The highest BCUT2D eigenvalue weighted by Crippen LogP contribution is 2.59. The van der Waals surface area contributed by atoms with E-state index in [1.54, 1.807) is 23.5 Å². The molecule has 4 heteroatoms. The zero-order valence-corrected chi connectivity index (χ0v) is 18.4. The predicted molar refractivity (Wildman–Crippen MR) is 128 cm³/mol. The fraction of sp³-hybridized carbons (Fsp3) is 0.440. The monoisotopic (exact) mass is 428 g/mol. The van der Waals surface area contributed by atoms with Crippen molar-refractivity contribution in [3.8, 4) is 11.5 Å². The lowest BCUT2D eigenvalue weighted by Crippen LogP contribution is -2.44. The van der Waals surface area contributed by atoms with Gasteiger partial charge < -0.3 is 9.84 Å². The van der Waals surface area contributed by atoms with Gasteiger partial charge in [-0.1, -0.05) is 49.4 Å². The van der Waals surface area contributed by atoms with Crippen LogP contribution in [0, 0.1) is 5.92 Å². The Hall–Kier alpha value is -1.52. The Balaban J connectivity index is 0.00000240. The molecular formula is C25H32O2S2. The number of phenols is 1. The molecule has 2 aliphatic rings.